The number of nitrogens with zero attached hydrogens (tertiary/aromatic N) is 3. The van der Waals surface area contributed by atoms with Crippen molar-refractivity contribution in [1.82, 2.24) is 9.88 Å². The van der Waals surface area contributed by atoms with Gasteiger partial charge in [0, 0.05) is 40.1 Å². The lowest BCUT2D eigenvalue weighted by atomic mass is 10.1. The molecule has 0 saturated heterocycles. The molecule has 3 rings (SSSR count). The lowest BCUT2D eigenvalue weighted by Gasteiger charge is -2.13. The van der Waals surface area contributed by atoms with E-state index >= 15 is 0 Å². The number of anilines is 3. The van der Waals surface area contributed by atoms with Gasteiger partial charge in [0.05, 0.1) is 29.9 Å². The zero-order valence-corrected chi connectivity index (χ0v) is 20.4. The summed E-state index contributed by atoms with van der Waals surface area (Å²) in [7, 11) is 1.77. The second-order valence-corrected chi connectivity index (χ2v) is 8.34. The quantitative estimate of drug-likeness (QED) is 0.312. The predicted molar refractivity (Wildman–Crippen MR) is 136 cm³/mol. The molecule has 0 aliphatic heterocycles. The van der Waals surface area contributed by atoms with Gasteiger partial charge in [-0.15, -0.1) is 0 Å². The Bertz CT molecular complexity index is 1270. The van der Waals surface area contributed by atoms with Crippen molar-refractivity contribution in [1.29, 1.82) is 5.26 Å². The highest BCUT2D eigenvalue weighted by Crippen LogP contribution is 2.31. The second kappa shape index (κ2) is 11.9. The lowest BCUT2D eigenvalue weighted by molar-refractivity contribution is -0.143. The van der Waals surface area contributed by atoms with Gasteiger partial charge in [-0.1, -0.05) is 28.1 Å². The number of carbonyl (C=O) groups is 2. The first kappa shape index (κ1) is 24.9. The zero-order valence-electron chi connectivity index (χ0n) is 18.8. The molecule has 8 nitrogen and oxygen atoms in total. The molecule has 1 heterocycles. The second-order valence-electron chi connectivity index (χ2n) is 7.42. The first-order valence-corrected chi connectivity index (χ1v) is 11.4. The fourth-order valence-electron chi connectivity index (χ4n) is 3.22. The molecule has 2 aromatic carbocycles. The van der Waals surface area contributed by atoms with E-state index < -0.39 is 0 Å². The summed E-state index contributed by atoms with van der Waals surface area (Å²) >= 11 is 3.45. The van der Waals surface area contributed by atoms with Crippen LogP contribution in [-0.4, -0.2) is 48.5 Å². The molecular formula is C25H24BrN5O3. The minimum absolute atomic E-state index is 0.145. The molecule has 1 amide bonds. The number of pyridine rings is 1. The van der Waals surface area contributed by atoms with E-state index in [9.17, 15) is 14.9 Å². The van der Waals surface area contributed by atoms with Crippen molar-refractivity contribution in [3.8, 4) is 6.07 Å². The van der Waals surface area contributed by atoms with E-state index in [0.29, 0.717) is 41.0 Å². The minimum Gasteiger partial charge on any atom is -0.465 e. The number of halogens is 1. The number of hydrogen-bond acceptors (Lipinski definition) is 7. The summed E-state index contributed by atoms with van der Waals surface area (Å²) in [6.45, 7) is 2.65. The number of esters is 1. The summed E-state index contributed by atoms with van der Waals surface area (Å²) < 4.78 is 5.81. The van der Waals surface area contributed by atoms with Crippen molar-refractivity contribution >= 4 is 55.8 Å². The van der Waals surface area contributed by atoms with Crippen LogP contribution >= 0.6 is 15.9 Å². The maximum atomic E-state index is 12.4. The van der Waals surface area contributed by atoms with E-state index in [2.05, 4.69) is 37.6 Å². The van der Waals surface area contributed by atoms with Gasteiger partial charge in [0.15, 0.2) is 0 Å². The first-order chi connectivity index (χ1) is 16.4. The van der Waals surface area contributed by atoms with Gasteiger partial charge in [0.25, 0.3) is 0 Å². The molecule has 3 aromatic rings. The summed E-state index contributed by atoms with van der Waals surface area (Å²) in [6, 6.07) is 15.1. The van der Waals surface area contributed by atoms with Crippen LogP contribution in [0, 0.1) is 11.3 Å². The van der Waals surface area contributed by atoms with Crippen molar-refractivity contribution in [2.24, 2.45) is 0 Å². The Kier molecular flexibility index (Phi) is 8.73. The highest BCUT2D eigenvalue weighted by Gasteiger charge is 2.11. The topological polar surface area (TPSA) is 107 Å². The van der Waals surface area contributed by atoms with Crippen molar-refractivity contribution in [3.05, 3.63) is 70.8 Å². The van der Waals surface area contributed by atoms with Gasteiger partial charge in [-0.05, 0) is 50.4 Å². The SMILES string of the molecule is CCOC(=O)CN(C)C/C=C/C(=O)Nc1ccc2ncc(C#N)c(Nc3cccc(Br)c3)c2c1. The molecule has 0 aliphatic rings. The first-order valence-electron chi connectivity index (χ1n) is 10.6. The maximum absolute atomic E-state index is 12.4. The largest absolute Gasteiger partial charge is 0.465 e. The number of benzene rings is 2. The number of nitrogens with one attached hydrogen (secondary N) is 2. The van der Waals surface area contributed by atoms with Gasteiger partial charge < -0.3 is 15.4 Å². The van der Waals surface area contributed by atoms with Crippen LogP contribution in [0.25, 0.3) is 10.9 Å². The molecule has 0 aliphatic carbocycles. The molecule has 0 saturated carbocycles. The number of amides is 1. The normalized spacial score (nSPS) is 10.9. The van der Waals surface area contributed by atoms with E-state index in [4.69, 9.17) is 4.74 Å². The molecule has 1 aromatic heterocycles. The molecule has 2 N–H and O–H groups in total. The Balaban J connectivity index is 1.75. The number of fused-ring (bicyclic) bond motifs is 1. The molecule has 174 valence electrons. The third-order valence-corrected chi connectivity index (χ3v) is 5.23. The van der Waals surface area contributed by atoms with Crippen LogP contribution in [0.15, 0.2) is 65.3 Å². The fraction of sp³-hybridized carbons (Fsp3) is 0.200. The van der Waals surface area contributed by atoms with Crippen molar-refractivity contribution in [3.63, 3.8) is 0 Å². The molecule has 0 radical (unpaired) electrons. The maximum Gasteiger partial charge on any atom is 0.320 e. The Labute approximate surface area is 206 Å². The van der Waals surface area contributed by atoms with Crippen LogP contribution in [0.1, 0.15) is 12.5 Å². The van der Waals surface area contributed by atoms with Crippen LogP contribution in [0.4, 0.5) is 17.1 Å². The van der Waals surface area contributed by atoms with Gasteiger partial charge >= 0.3 is 5.97 Å². The lowest BCUT2D eigenvalue weighted by Crippen LogP contribution is -2.27. The van der Waals surface area contributed by atoms with Crippen LogP contribution in [0.2, 0.25) is 0 Å². The molecule has 0 fully saturated rings. The molecule has 0 atom stereocenters. The summed E-state index contributed by atoms with van der Waals surface area (Å²) in [5, 5.41) is 16.4. The standard InChI is InChI=1S/C25H24BrN5O3/c1-3-34-24(33)16-31(2)11-5-8-23(32)29-20-9-10-22-21(13-20)25(17(14-27)15-28-22)30-19-7-4-6-18(26)12-19/h4-10,12-13,15H,3,11,16H2,1-2H3,(H,28,30)(H,29,32)/b8-5+. The predicted octanol–water partition coefficient (Wildman–Crippen LogP) is 4.60. The van der Waals surface area contributed by atoms with Crippen molar-refractivity contribution in [2.75, 3.05) is 37.4 Å². The van der Waals surface area contributed by atoms with Gasteiger partial charge in [-0.3, -0.25) is 19.5 Å². The highest BCUT2D eigenvalue weighted by atomic mass is 79.9. The van der Waals surface area contributed by atoms with E-state index in [-0.39, 0.29) is 18.4 Å². The molecule has 9 heteroatoms. The Hall–Kier alpha value is -3.74. The molecule has 34 heavy (non-hydrogen) atoms. The molecule has 0 unspecified atom stereocenters. The van der Waals surface area contributed by atoms with Crippen molar-refractivity contribution < 1.29 is 14.3 Å². The van der Waals surface area contributed by atoms with Gasteiger partial charge in [-0.2, -0.15) is 5.26 Å². The van der Waals surface area contributed by atoms with Gasteiger partial charge in [0.1, 0.15) is 6.07 Å². The molecule has 0 spiro atoms. The number of carbonyl (C=O) groups excluding carboxylic acids is 2. The summed E-state index contributed by atoms with van der Waals surface area (Å²) in [4.78, 5) is 30.0. The summed E-state index contributed by atoms with van der Waals surface area (Å²) in [6.07, 6.45) is 4.61. The van der Waals surface area contributed by atoms with E-state index in [1.807, 2.05) is 24.3 Å². The van der Waals surface area contributed by atoms with Crippen LogP contribution in [0.5, 0.6) is 0 Å². The van der Waals surface area contributed by atoms with Crippen molar-refractivity contribution in [2.45, 2.75) is 6.92 Å². The third kappa shape index (κ3) is 6.88. The Morgan fingerprint density at radius 1 is 1.24 bits per heavy atom. The van der Waals surface area contributed by atoms with Crippen LogP contribution in [-0.2, 0) is 14.3 Å². The number of rotatable bonds is 9. The highest BCUT2D eigenvalue weighted by molar-refractivity contribution is 9.10. The smallest absolute Gasteiger partial charge is 0.320 e. The minimum atomic E-state index is -0.310. The summed E-state index contributed by atoms with van der Waals surface area (Å²) in [5.74, 6) is -0.619. The number of hydrogen-bond donors (Lipinski definition) is 2. The molecule has 0 bridgehead atoms. The van der Waals surface area contributed by atoms with Crippen LogP contribution in [0.3, 0.4) is 0 Å². The molecular weight excluding hydrogens is 498 g/mol. The average Bonchev–Trinajstić information content (AvgIpc) is 2.79. The van der Waals surface area contributed by atoms with Gasteiger partial charge in [-0.25, -0.2) is 0 Å². The number of nitriles is 1. The zero-order chi connectivity index (χ0) is 24.5. The number of aromatic nitrogens is 1. The third-order valence-electron chi connectivity index (χ3n) is 4.74. The van der Waals surface area contributed by atoms with E-state index in [1.54, 1.807) is 43.1 Å². The fourth-order valence-corrected chi connectivity index (χ4v) is 3.61. The number of likely N-dealkylation sites (N-methyl/N-ethyl adjacent to an activating group) is 1. The van der Waals surface area contributed by atoms with E-state index in [0.717, 1.165) is 10.2 Å². The van der Waals surface area contributed by atoms with Gasteiger partial charge in [0.2, 0.25) is 5.91 Å². The Morgan fingerprint density at radius 2 is 2.06 bits per heavy atom. The summed E-state index contributed by atoms with van der Waals surface area (Å²) in [5.41, 5.74) is 3.06. The monoisotopic (exact) mass is 521 g/mol. The van der Waals surface area contributed by atoms with E-state index in [1.165, 1.54) is 12.3 Å². The Morgan fingerprint density at radius 3 is 2.79 bits per heavy atom. The number of ether oxygens (including phenoxy) is 1. The average molecular weight is 522 g/mol. The van der Waals surface area contributed by atoms with Crippen LogP contribution < -0.4 is 10.6 Å².